The molecule has 0 N–H and O–H groups in total. The maximum absolute atomic E-state index is 3.92. The van der Waals surface area contributed by atoms with Crippen LogP contribution in [0.4, 0.5) is 0 Å². The number of hydrogen-bond donors (Lipinski definition) is 0. The van der Waals surface area contributed by atoms with Gasteiger partial charge in [-0.1, -0.05) is 0 Å². The van der Waals surface area contributed by atoms with Gasteiger partial charge >= 0.3 is 0 Å². The maximum Gasteiger partial charge on any atom is 0.0630 e. The van der Waals surface area contributed by atoms with Crippen LogP contribution in [0, 0.1) is 11.8 Å². The Hall–Kier alpha value is -0.400. The lowest BCUT2D eigenvalue weighted by Crippen LogP contribution is -1.95. The number of nitrogens with zero attached hydrogens (tertiary/aromatic N) is 2. The molecule has 1 aliphatic heterocycles. The third kappa shape index (κ3) is 0.457. The van der Waals surface area contributed by atoms with E-state index >= 15 is 0 Å². The van der Waals surface area contributed by atoms with Crippen molar-refractivity contribution in [1.82, 2.24) is 0 Å². The Balaban J connectivity index is 2.10. The minimum absolute atomic E-state index is 0.942. The summed E-state index contributed by atoms with van der Waals surface area (Å²) in [7, 11) is 0. The summed E-state index contributed by atoms with van der Waals surface area (Å²) < 4.78 is 0. The van der Waals surface area contributed by atoms with Gasteiger partial charge in [0, 0.05) is 0 Å². The van der Waals surface area contributed by atoms with Crippen molar-refractivity contribution in [3.8, 4) is 0 Å². The van der Waals surface area contributed by atoms with Gasteiger partial charge in [0.2, 0.25) is 0 Å². The smallest absolute Gasteiger partial charge is 0.0630 e. The lowest BCUT2D eigenvalue weighted by molar-refractivity contribution is 0.619. The molecule has 0 aromatic heterocycles. The molecule has 2 atom stereocenters. The van der Waals surface area contributed by atoms with Crippen LogP contribution in [0.15, 0.2) is 10.2 Å². The lowest BCUT2D eigenvalue weighted by Gasteiger charge is -1.95. The standard InChI is InChI=1S/C5H8N2/c1-4-2-6-7-3-5(1)4/h4-5H,1-3H2. The van der Waals surface area contributed by atoms with E-state index in [0.29, 0.717) is 0 Å². The number of azo groups is 1. The van der Waals surface area contributed by atoms with E-state index in [4.69, 9.17) is 0 Å². The summed E-state index contributed by atoms with van der Waals surface area (Å²) in [6.45, 7) is 2.04. The zero-order valence-corrected chi connectivity index (χ0v) is 4.17. The molecule has 0 radical (unpaired) electrons. The largest absolute Gasteiger partial charge is 0.194 e. The molecule has 7 heavy (non-hydrogen) atoms. The second-order valence-electron chi connectivity index (χ2n) is 2.40. The van der Waals surface area contributed by atoms with Crippen LogP contribution in [0.3, 0.4) is 0 Å². The highest BCUT2D eigenvalue weighted by Crippen LogP contribution is 2.40. The van der Waals surface area contributed by atoms with Gasteiger partial charge in [0.1, 0.15) is 0 Å². The first kappa shape index (κ1) is 3.58. The van der Waals surface area contributed by atoms with Gasteiger partial charge in [-0.15, -0.1) is 0 Å². The lowest BCUT2D eigenvalue weighted by atomic mass is 10.3. The molecule has 1 heterocycles. The summed E-state index contributed by atoms with van der Waals surface area (Å²) >= 11 is 0. The fourth-order valence-electron chi connectivity index (χ4n) is 1.08. The monoisotopic (exact) mass is 96.1 g/mol. The van der Waals surface area contributed by atoms with Crippen LogP contribution in [-0.4, -0.2) is 13.1 Å². The van der Waals surface area contributed by atoms with Crippen LogP contribution < -0.4 is 0 Å². The second-order valence-corrected chi connectivity index (χ2v) is 2.40. The summed E-state index contributed by atoms with van der Waals surface area (Å²) in [5.41, 5.74) is 0. The van der Waals surface area contributed by atoms with Gasteiger partial charge < -0.3 is 0 Å². The Morgan fingerprint density at radius 2 is 1.57 bits per heavy atom. The minimum Gasteiger partial charge on any atom is -0.194 e. The Morgan fingerprint density at radius 1 is 1.00 bits per heavy atom. The first-order valence-electron chi connectivity index (χ1n) is 2.80. The molecule has 2 nitrogen and oxygen atoms in total. The van der Waals surface area contributed by atoms with Crippen LogP contribution in [0.2, 0.25) is 0 Å². The first-order valence-corrected chi connectivity index (χ1v) is 2.80. The molecule has 1 aliphatic carbocycles. The molecule has 0 saturated heterocycles. The van der Waals surface area contributed by atoms with Crippen LogP contribution in [0.25, 0.3) is 0 Å². The highest BCUT2D eigenvalue weighted by molar-refractivity contribution is 4.90. The molecule has 0 aromatic rings. The van der Waals surface area contributed by atoms with Crippen molar-refractivity contribution < 1.29 is 0 Å². The second kappa shape index (κ2) is 1.05. The highest BCUT2D eigenvalue weighted by Gasteiger charge is 2.38. The van der Waals surface area contributed by atoms with Gasteiger partial charge in [0.25, 0.3) is 0 Å². The summed E-state index contributed by atoms with van der Waals surface area (Å²) in [6, 6.07) is 0. The van der Waals surface area contributed by atoms with Crippen LogP contribution >= 0.6 is 0 Å². The van der Waals surface area contributed by atoms with Crippen molar-refractivity contribution in [3.05, 3.63) is 0 Å². The van der Waals surface area contributed by atoms with E-state index in [-0.39, 0.29) is 0 Å². The Bertz CT molecular complexity index is 96.6. The van der Waals surface area contributed by atoms with E-state index in [1.807, 2.05) is 0 Å². The number of rotatable bonds is 0. The molecule has 0 amide bonds. The molecule has 0 bridgehead atoms. The first-order chi connectivity index (χ1) is 3.47. The molecule has 38 valence electrons. The normalized spacial score (nSPS) is 45.7. The summed E-state index contributed by atoms with van der Waals surface area (Å²) in [5.74, 6) is 1.88. The molecule has 2 rings (SSSR count). The fourth-order valence-corrected chi connectivity index (χ4v) is 1.08. The van der Waals surface area contributed by atoms with Gasteiger partial charge in [-0.05, 0) is 18.3 Å². The SMILES string of the molecule is C1N=NCC2CC12. The zero-order chi connectivity index (χ0) is 4.69. The van der Waals surface area contributed by atoms with Crippen LogP contribution in [0.1, 0.15) is 6.42 Å². The number of fused-ring (bicyclic) bond motifs is 1. The summed E-state index contributed by atoms with van der Waals surface area (Å²) in [4.78, 5) is 0. The molecule has 1 fully saturated rings. The zero-order valence-electron chi connectivity index (χ0n) is 4.17. The van der Waals surface area contributed by atoms with Crippen molar-refractivity contribution >= 4 is 0 Å². The molecule has 0 aromatic carbocycles. The van der Waals surface area contributed by atoms with E-state index in [1.165, 1.54) is 6.42 Å². The highest BCUT2D eigenvalue weighted by atomic mass is 15.1. The predicted octanol–water partition coefficient (Wildman–Crippen LogP) is 1.09. The summed E-state index contributed by atoms with van der Waals surface area (Å²) in [5, 5.41) is 7.85. The Morgan fingerprint density at radius 3 is 2.00 bits per heavy atom. The topological polar surface area (TPSA) is 24.7 Å². The number of hydrogen-bond acceptors (Lipinski definition) is 2. The van der Waals surface area contributed by atoms with Gasteiger partial charge in [-0.3, -0.25) is 0 Å². The predicted molar refractivity (Wildman–Crippen MR) is 26.2 cm³/mol. The third-order valence-electron chi connectivity index (χ3n) is 1.80. The van der Waals surface area contributed by atoms with E-state index in [1.54, 1.807) is 0 Å². The van der Waals surface area contributed by atoms with E-state index in [0.717, 1.165) is 24.9 Å². The Labute approximate surface area is 42.6 Å². The van der Waals surface area contributed by atoms with Gasteiger partial charge in [-0.2, -0.15) is 10.2 Å². The van der Waals surface area contributed by atoms with E-state index in [9.17, 15) is 0 Å². The molecular weight excluding hydrogens is 88.1 g/mol. The average Bonchev–Trinajstić information content (AvgIpc) is 2.41. The van der Waals surface area contributed by atoms with Gasteiger partial charge in [0.05, 0.1) is 13.1 Å². The van der Waals surface area contributed by atoms with Crippen molar-refractivity contribution in [2.24, 2.45) is 22.1 Å². The molecule has 1 saturated carbocycles. The van der Waals surface area contributed by atoms with Crippen molar-refractivity contribution in [3.63, 3.8) is 0 Å². The van der Waals surface area contributed by atoms with Crippen molar-refractivity contribution in [2.45, 2.75) is 6.42 Å². The maximum atomic E-state index is 3.92. The average molecular weight is 96.1 g/mol. The van der Waals surface area contributed by atoms with E-state index < -0.39 is 0 Å². The van der Waals surface area contributed by atoms with Crippen LogP contribution in [-0.2, 0) is 0 Å². The third-order valence-corrected chi connectivity index (χ3v) is 1.80. The molecule has 2 heteroatoms. The molecule has 2 unspecified atom stereocenters. The Kier molecular flexibility index (Phi) is 0.540. The fraction of sp³-hybridized carbons (Fsp3) is 1.00. The van der Waals surface area contributed by atoms with Crippen LogP contribution in [0.5, 0.6) is 0 Å². The molecule has 0 spiro atoms. The van der Waals surface area contributed by atoms with Crippen molar-refractivity contribution in [1.29, 1.82) is 0 Å². The van der Waals surface area contributed by atoms with Gasteiger partial charge in [-0.25, -0.2) is 0 Å². The quantitative estimate of drug-likeness (QED) is 0.431. The minimum atomic E-state index is 0.942. The van der Waals surface area contributed by atoms with Crippen molar-refractivity contribution in [2.75, 3.05) is 13.1 Å². The molecule has 2 aliphatic rings. The summed E-state index contributed by atoms with van der Waals surface area (Å²) in [6.07, 6.45) is 1.40. The van der Waals surface area contributed by atoms with Gasteiger partial charge in [0.15, 0.2) is 0 Å². The van der Waals surface area contributed by atoms with E-state index in [2.05, 4.69) is 10.2 Å². The molecular formula is C5H8N2.